The lowest BCUT2D eigenvalue weighted by Crippen LogP contribution is -2.25. The van der Waals surface area contributed by atoms with E-state index in [1.54, 1.807) is 0 Å². The number of nitrogen functional groups attached to an aromatic ring is 2. The molecule has 1 aromatic heterocycles. The van der Waals surface area contributed by atoms with E-state index in [0.29, 0.717) is 18.2 Å². The van der Waals surface area contributed by atoms with E-state index in [4.69, 9.17) is 16.2 Å². The summed E-state index contributed by atoms with van der Waals surface area (Å²) >= 11 is 0. The lowest BCUT2D eigenvalue weighted by atomic mass is 10.4. The summed E-state index contributed by atoms with van der Waals surface area (Å²) in [4.78, 5) is 10.0. The van der Waals surface area contributed by atoms with Crippen molar-refractivity contribution < 1.29 is 4.74 Å². The molecule has 6 nitrogen and oxygen atoms in total. The van der Waals surface area contributed by atoms with Crippen LogP contribution in [0, 0.1) is 0 Å². The van der Waals surface area contributed by atoms with Crippen LogP contribution in [-0.2, 0) is 0 Å². The van der Waals surface area contributed by atoms with Crippen LogP contribution >= 0.6 is 0 Å². The molecule has 0 amide bonds. The Hall–Kier alpha value is -1.56. The Labute approximate surface area is 94.6 Å². The van der Waals surface area contributed by atoms with Crippen LogP contribution < -0.4 is 16.2 Å². The maximum Gasteiger partial charge on any atom is 0.222 e. The number of anilines is 2. The molecule has 0 aliphatic carbocycles. The van der Waals surface area contributed by atoms with E-state index in [0.717, 1.165) is 19.6 Å². The van der Waals surface area contributed by atoms with Gasteiger partial charge in [-0.1, -0.05) is 0 Å². The van der Waals surface area contributed by atoms with E-state index >= 15 is 0 Å². The molecule has 0 atom stereocenters. The van der Waals surface area contributed by atoms with Crippen molar-refractivity contribution in [1.82, 2.24) is 14.9 Å². The number of likely N-dealkylation sites (tertiary alicyclic amines) is 1. The Kier molecular flexibility index (Phi) is 3.40. The van der Waals surface area contributed by atoms with Crippen molar-refractivity contribution in [3.05, 3.63) is 6.20 Å². The molecule has 1 aromatic rings. The molecule has 0 saturated carbocycles. The third-order valence-corrected chi connectivity index (χ3v) is 2.67. The van der Waals surface area contributed by atoms with Gasteiger partial charge in [0.2, 0.25) is 5.95 Å². The average molecular weight is 223 g/mol. The third kappa shape index (κ3) is 2.73. The van der Waals surface area contributed by atoms with E-state index in [1.807, 2.05) is 0 Å². The fourth-order valence-corrected chi connectivity index (χ4v) is 1.80. The zero-order valence-corrected chi connectivity index (χ0v) is 9.22. The van der Waals surface area contributed by atoms with Crippen LogP contribution in [-0.4, -0.2) is 41.1 Å². The predicted octanol–water partition coefficient (Wildman–Crippen LogP) is 0.116. The topological polar surface area (TPSA) is 90.3 Å². The molecule has 1 saturated heterocycles. The number of aromatic nitrogens is 2. The van der Waals surface area contributed by atoms with Crippen molar-refractivity contribution >= 4 is 11.8 Å². The minimum atomic E-state index is 0.171. The van der Waals surface area contributed by atoms with Crippen LogP contribution in [0.1, 0.15) is 12.8 Å². The fourth-order valence-electron chi connectivity index (χ4n) is 1.80. The second-order valence-corrected chi connectivity index (χ2v) is 3.87. The Balaban J connectivity index is 1.80. The van der Waals surface area contributed by atoms with Crippen molar-refractivity contribution in [2.45, 2.75) is 12.8 Å². The molecule has 1 aliphatic rings. The summed E-state index contributed by atoms with van der Waals surface area (Å²) in [5.74, 6) is 0.978. The number of hydrogen-bond acceptors (Lipinski definition) is 6. The summed E-state index contributed by atoms with van der Waals surface area (Å²) < 4.78 is 5.51. The van der Waals surface area contributed by atoms with Gasteiger partial charge in [-0.2, -0.15) is 4.98 Å². The molecule has 6 heteroatoms. The van der Waals surface area contributed by atoms with E-state index in [-0.39, 0.29) is 5.95 Å². The Morgan fingerprint density at radius 1 is 1.31 bits per heavy atom. The second kappa shape index (κ2) is 4.98. The molecule has 0 spiro atoms. The maximum atomic E-state index is 5.65. The summed E-state index contributed by atoms with van der Waals surface area (Å²) in [7, 11) is 0. The minimum absolute atomic E-state index is 0.171. The summed E-state index contributed by atoms with van der Waals surface area (Å²) in [5, 5.41) is 0. The van der Waals surface area contributed by atoms with Gasteiger partial charge in [0.15, 0.2) is 11.6 Å². The molecule has 88 valence electrons. The molecular formula is C10H17N5O. The first-order valence-electron chi connectivity index (χ1n) is 5.49. The van der Waals surface area contributed by atoms with Crippen LogP contribution in [0.2, 0.25) is 0 Å². The molecule has 0 radical (unpaired) electrons. The quantitative estimate of drug-likeness (QED) is 0.753. The van der Waals surface area contributed by atoms with Crippen LogP contribution in [0.25, 0.3) is 0 Å². The van der Waals surface area contributed by atoms with Crippen molar-refractivity contribution in [3.8, 4) is 5.75 Å². The molecule has 0 unspecified atom stereocenters. The van der Waals surface area contributed by atoms with E-state index in [1.165, 1.54) is 19.0 Å². The van der Waals surface area contributed by atoms with Gasteiger partial charge in [0, 0.05) is 6.54 Å². The van der Waals surface area contributed by atoms with Crippen LogP contribution in [0.4, 0.5) is 11.8 Å². The van der Waals surface area contributed by atoms with Gasteiger partial charge in [0.05, 0.1) is 6.20 Å². The molecule has 2 heterocycles. The first-order valence-corrected chi connectivity index (χ1v) is 5.49. The van der Waals surface area contributed by atoms with E-state index in [9.17, 15) is 0 Å². The zero-order valence-electron chi connectivity index (χ0n) is 9.22. The second-order valence-electron chi connectivity index (χ2n) is 3.87. The van der Waals surface area contributed by atoms with E-state index < -0.39 is 0 Å². The number of hydrogen-bond donors (Lipinski definition) is 2. The highest BCUT2D eigenvalue weighted by Crippen LogP contribution is 2.17. The van der Waals surface area contributed by atoms with Gasteiger partial charge < -0.3 is 16.2 Å². The van der Waals surface area contributed by atoms with Crippen molar-refractivity contribution in [2.24, 2.45) is 0 Å². The highest BCUT2D eigenvalue weighted by atomic mass is 16.5. The van der Waals surface area contributed by atoms with Gasteiger partial charge in [-0.15, -0.1) is 0 Å². The third-order valence-electron chi connectivity index (χ3n) is 2.67. The van der Waals surface area contributed by atoms with Gasteiger partial charge in [-0.3, -0.25) is 4.90 Å². The SMILES string of the molecule is Nc1ncc(OCCN2CCCC2)c(N)n1. The molecule has 1 aliphatic heterocycles. The zero-order chi connectivity index (χ0) is 11.4. The number of ether oxygens (including phenoxy) is 1. The normalized spacial score (nSPS) is 16.5. The van der Waals surface area contributed by atoms with Crippen LogP contribution in [0.5, 0.6) is 5.75 Å². The summed E-state index contributed by atoms with van der Waals surface area (Å²) in [6.45, 7) is 3.86. The minimum Gasteiger partial charge on any atom is -0.487 e. The van der Waals surface area contributed by atoms with Crippen molar-refractivity contribution in [1.29, 1.82) is 0 Å². The fraction of sp³-hybridized carbons (Fsp3) is 0.600. The van der Waals surface area contributed by atoms with Crippen LogP contribution in [0.3, 0.4) is 0 Å². The Morgan fingerprint density at radius 2 is 2.06 bits per heavy atom. The van der Waals surface area contributed by atoms with Gasteiger partial charge in [-0.05, 0) is 25.9 Å². The largest absolute Gasteiger partial charge is 0.487 e. The van der Waals surface area contributed by atoms with Crippen molar-refractivity contribution in [2.75, 3.05) is 37.7 Å². The van der Waals surface area contributed by atoms with Gasteiger partial charge in [0.25, 0.3) is 0 Å². The Morgan fingerprint density at radius 3 is 2.75 bits per heavy atom. The number of nitrogens with zero attached hydrogens (tertiary/aromatic N) is 3. The summed E-state index contributed by atoms with van der Waals surface area (Å²) in [6.07, 6.45) is 4.09. The highest BCUT2D eigenvalue weighted by molar-refractivity contribution is 5.46. The first-order chi connectivity index (χ1) is 7.75. The number of rotatable bonds is 4. The molecule has 0 aromatic carbocycles. The lowest BCUT2D eigenvalue weighted by Gasteiger charge is -2.15. The number of nitrogens with two attached hydrogens (primary N) is 2. The average Bonchev–Trinajstić information content (AvgIpc) is 2.74. The molecular weight excluding hydrogens is 206 g/mol. The van der Waals surface area contributed by atoms with Gasteiger partial charge in [0.1, 0.15) is 6.61 Å². The van der Waals surface area contributed by atoms with E-state index in [2.05, 4.69) is 14.9 Å². The summed E-state index contributed by atoms with van der Waals surface area (Å²) in [5.41, 5.74) is 11.0. The molecule has 16 heavy (non-hydrogen) atoms. The monoisotopic (exact) mass is 223 g/mol. The molecule has 0 bridgehead atoms. The molecule has 1 fully saturated rings. The van der Waals surface area contributed by atoms with Gasteiger partial charge in [-0.25, -0.2) is 4.98 Å². The maximum absolute atomic E-state index is 5.65. The van der Waals surface area contributed by atoms with Crippen LogP contribution in [0.15, 0.2) is 6.20 Å². The van der Waals surface area contributed by atoms with Crippen molar-refractivity contribution in [3.63, 3.8) is 0 Å². The highest BCUT2D eigenvalue weighted by Gasteiger charge is 2.11. The lowest BCUT2D eigenvalue weighted by molar-refractivity contribution is 0.237. The smallest absolute Gasteiger partial charge is 0.222 e. The predicted molar refractivity (Wildman–Crippen MR) is 62.0 cm³/mol. The first kappa shape index (κ1) is 10.9. The summed E-state index contributed by atoms with van der Waals surface area (Å²) in [6, 6.07) is 0. The molecule has 4 N–H and O–H groups in total. The Bertz CT molecular complexity index is 351. The standard InChI is InChI=1S/C10H17N5O/c11-9-8(7-13-10(12)14-9)16-6-5-15-3-1-2-4-15/h7H,1-6H2,(H4,11,12,13,14). The molecule has 2 rings (SSSR count). The van der Waals surface area contributed by atoms with Gasteiger partial charge >= 0.3 is 0 Å².